The molecule has 0 aromatic heterocycles. The summed E-state index contributed by atoms with van der Waals surface area (Å²) in [5, 5.41) is 10.8. The molecule has 16 heavy (non-hydrogen) atoms. The summed E-state index contributed by atoms with van der Waals surface area (Å²) < 4.78 is 11.0. The van der Waals surface area contributed by atoms with E-state index in [1.165, 1.54) is 0 Å². The molecule has 2 N–H and O–H groups in total. The summed E-state index contributed by atoms with van der Waals surface area (Å²) in [7, 11) is 0. The van der Waals surface area contributed by atoms with Crippen LogP contribution < -0.4 is 10.1 Å². The molecule has 0 heterocycles. The average molecular weight is 290 g/mol. The second kappa shape index (κ2) is 6.34. The van der Waals surface area contributed by atoms with Crippen molar-refractivity contribution >= 4 is 27.7 Å². The number of benzene rings is 1. The van der Waals surface area contributed by atoms with E-state index in [-0.39, 0.29) is 6.79 Å². The summed E-state index contributed by atoms with van der Waals surface area (Å²) in [6, 6.07) is 4.89. The Labute approximate surface area is 101 Å². The van der Waals surface area contributed by atoms with Gasteiger partial charge in [-0.25, -0.2) is 4.79 Å². The number of hydrogen-bond donors (Lipinski definition) is 2. The van der Waals surface area contributed by atoms with E-state index in [1.54, 1.807) is 18.2 Å². The van der Waals surface area contributed by atoms with Crippen LogP contribution in [0.15, 0.2) is 22.7 Å². The highest BCUT2D eigenvalue weighted by Crippen LogP contribution is 2.28. The predicted molar refractivity (Wildman–Crippen MR) is 62.9 cm³/mol. The summed E-state index contributed by atoms with van der Waals surface area (Å²) >= 11 is 3.28. The van der Waals surface area contributed by atoms with Gasteiger partial charge in [-0.15, -0.1) is 0 Å². The zero-order chi connectivity index (χ0) is 12.0. The van der Waals surface area contributed by atoms with Crippen LogP contribution in [0, 0.1) is 0 Å². The molecule has 0 aliphatic rings. The van der Waals surface area contributed by atoms with Gasteiger partial charge in [0.15, 0.2) is 6.79 Å². The number of rotatable bonds is 5. The number of carbonyl (C=O) groups is 1. The Balaban J connectivity index is 2.64. The first-order chi connectivity index (χ1) is 7.63. The Bertz CT molecular complexity index is 370. The Kier molecular flexibility index (Phi) is 5.07. The molecule has 0 atom stereocenters. The molecule has 6 heteroatoms. The largest absolute Gasteiger partial charge is 0.466 e. The quantitative estimate of drug-likeness (QED) is 0.646. The summed E-state index contributed by atoms with van der Waals surface area (Å²) in [6.07, 6.45) is -1.10. The van der Waals surface area contributed by atoms with Crippen LogP contribution in [0.5, 0.6) is 5.75 Å². The van der Waals surface area contributed by atoms with Crippen LogP contribution in [0.2, 0.25) is 0 Å². The molecule has 0 aliphatic heterocycles. The Morgan fingerprint density at radius 2 is 2.31 bits per heavy atom. The van der Waals surface area contributed by atoms with E-state index >= 15 is 0 Å². The SMILES string of the molecule is CCOCOc1ccc(NC(=O)O)cc1Br. The molecule has 0 radical (unpaired) electrons. The third-order valence-electron chi connectivity index (χ3n) is 1.69. The van der Waals surface area contributed by atoms with E-state index in [0.717, 1.165) is 0 Å². The van der Waals surface area contributed by atoms with Gasteiger partial charge in [-0.3, -0.25) is 5.32 Å². The van der Waals surface area contributed by atoms with Gasteiger partial charge in [-0.05, 0) is 41.1 Å². The van der Waals surface area contributed by atoms with Crippen molar-refractivity contribution in [2.24, 2.45) is 0 Å². The van der Waals surface area contributed by atoms with Crippen LogP contribution in [-0.4, -0.2) is 24.6 Å². The van der Waals surface area contributed by atoms with Gasteiger partial charge in [-0.1, -0.05) is 0 Å². The van der Waals surface area contributed by atoms with Crippen molar-refractivity contribution < 1.29 is 19.4 Å². The third kappa shape index (κ3) is 4.08. The Hall–Kier alpha value is -1.27. The van der Waals surface area contributed by atoms with Crippen LogP contribution >= 0.6 is 15.9 Å². The maximum absolute atomic E-state index is 10.4. The van der Waals surface area contributed by atoms with E-state index in [1.807, 2.05) is 6.92 Å². The summed E-state index contributed by atoms with van der Waals surface area (Å²) in [5.74, 6) is 0.601. The van der Waals surface area contributed by atoms with Gasteiger partial charge in [0, 0.05) is 12.3 Å². The number of hydrogen-bond acceptors (Lipinski definition) is 3. The van der Waals surface area contributed by atoms with Crippen LogP contribution in [0.1, 0.15) is 6.92 Å². The summed E-state index contributed by atoms with van der Waals surface area (Å²) in [5.41, 5.74) is 0.475. The molecule has 0 unspecified atom stereocenters. The van der Waals surface area contributed by atoms with Crippen LogP contribution in [0.25, 0.3) is 0 Å². The van der Waals surface area contributed by atoms with E-state index < -0.39 is 6.09 Å². The number of anilines is 1. The number of nitrogens with one attached hydrogen (secondary N) is 1. The van der Waals surface area contributed by atoms with Crippen molar-refractivity contribution in [2.45, 2.75) is 6.92 Å². The van der Waals surface area contributed by atoms with E-state index in [4.69, 9.17) is 14.6 Å². The molecule has 0 saturated carbocycles. The lowest BCUT2D eigenvalue weighted by Gasteiger charge is -2.09. The van der Waals surface area contributed by atoms with Crippen LogP contribution in [0.3, 0.4) is 0 Å². The summed E-state index contributed by atoms with van der Waals surface area (Å²) in [6.45, 7) is 2.62. The normalized spacial score (nSPS) is 9.88. The average Bonchev–Trinajstić information content (AvgIpc) is 2.20. The van der Waals surface area contributed by atoms with Gasteiger partial charge in [0.1, 0.15) is 5.75 Å². The van der Waals surface area contributed by atoms with Gasteiger partial charge in [-0.2, -0.15) is 0 Å². The molecule has 0 spiro atoms. The minimum absolute atomic E-state index is 0.167. The van der Waals surface area contributed by atoms with Crippen molar-refractivity contribution in [1.29, 1.82) is 0 Å². The molecule has 1 aromatic carbocycles. The molecular weight excluding hydrogens is 278 g/mol. The lowest BCUT2D eigenvalue weighted by atomic mass is 10.3. The highest BCUT2D eigenvalue weighted by atomic mass is 79.9. The Morgan fingerprint density at radius 3 is 2.88 bits per heavy atom. The number of ether oxygens (including phenoxy) is 2. The number of halogens is 1. The highest BCUT2D eigenvalue weighted by molar-refractivity contribution is 9.10. The molecule has 0 bridgehead atoms. The fourth-order valence-electron chi connectivity index (χ4n) is 1.01. The van der Waals surface area contributed by atoms with E-state index in [0.29, 0.717) is 22.5 Å². The van der Waals surface area contributed by atoms with E-state index in [9.17, 15) is 4.79 Å². The number of carboxylic acid groups (broad SMARTS) is 1. The summed E-state index contributed by atoms with van der Waals surface area (Å²) in [4.78, 5) is 10.4. The van der Waals surface area contributed by atoms with Crippen molar-refractivity contribution in [1.82, 2.24) is 0 Å². The maximum atomic E-state index is 10.4. The van der Waals surface area contributed by atoms with E-state index in [2.05, 4.69) is 21.2 Å². The highest BCUT2D eigenvalue weighted by Gasteiger charge is 2.04. The van der Waals surface area contributed by atoms with Gasteiger partial charge in [0.25, 0.3) is 0 Å². The molecule has 5 nitrogen and oxygen atoms in total. The first-order valence-corrected chi connectivity index (χ1v) is 5.43. The van der Waals surface area contributed by atoms with Crippen molar-refractivity contribution in [2.75, 3.05) is 18.7 Å². The van der Waals surface area contributed by atoms with Crippen molar-refractivity contribution in [3.05, 3.63) is 22.7 Å². The van der Waals surface area contributed by atoms with Gasteiger partial charge in [0.05, 0.1) is 4.47 Å². The predicted octanol–water partition coefficient (Wildman–Crippen LogP) is 2.91. The van der Waals surface area contributed by atoms with Crippen LogP contribution in [-0.2, 0) is 4.74 Å². The monoisotopic (exact) mass is 289 g/mol. The second-order valence-electron chi connectivity index (χ2n) is 2.83. The minimum atomic E-state index is -1.10. The lowest BCUT2D eigenvalue weighted by molar-refractivity contribution is 0.0219. The Morgan fingerprint density at radius 1 is 1.56 bits per heavy atom. The molecule has 1 amide bonds. The molecule has 0 saturated heterocycles. The molecular formula is C10H12BrNO4. The lowest BCUT2D eigenvalue weighted by Crippen LogP contribution is -2.07. The fraction of sp³-hybridized carbons (Fsp3) is 0.300. The first-order valence-electron chi connectivity index (χ1n) is 4.63. The molecule has 1 aromatic rings. The van der Waals surface area contributed by atoms with Gasteiger partial charge < -0.3 is 14.6 Å². The topological polar surface area (TPSA) is 67.8 Å². The first kappa shape index (κ1) is 12.8. The molecule has 0 aliphatic carbocycles. The maximum Gasteiger partial charge on any atom is 0.409 e. The zero-order valence-electron chi connectivity index (χ0n) is 8.70. The molecule has 1 rings (SSSR count). The standard InChI is InChI=1S/C10H12BrNO4/c1-2-15-6-16-9-4-3-7(5-8(9)11)12-10(13)14/h3-5,12H,2,6H2,1H3,(H,13,14). The fourth-order valence-corrected chi connectivity index (χ4v) is 1.50. The molecule has 0 fully saturated rings. The van der Waals surface area contributed by atoms with Crippen LogP contribution in [0.4, 0.5) is 10.5 Å². The number of amides is 1. The minimum Gasteiger partial charge on any atom is -0.466 e. The van der Waals surface area contributed by atoms with Gasteiger partial charge >= 0.3 is 6.09 Å². The third-order valence-corrected chi connectivity index (χ3v) is 2.30. The smallest absolute Gasteiger partial charge is 0.409 e. The molecule has 88 valence electrons. The van der Waals surface area contributed by atoms with Gasteiger partial charge in [0.2, 0.25) is 0 Å². The van der Waals surface area contributed by atoms with Crippen molar-refractivity contribution in [3.63, 3.8) is 0 Å². The van der Waals surface area contributed by atoms with Crippen molar-refractivity contribution in [3.8, 4) is 5.75 Å². The zero-order valence-corrected chi connectivity index (χ0v) is 10.3. The second-order valence-corrected chi connectivity index (χ2v) is 3.68.